The third-order valence-electron chi connectivity index (χ3n) is 13.8. The zero-order valence-corrected chi connectivity index (χ0v) is 37.5. The van der Waals surface area contributed by atoms with Crippen LogP contribution in [0.25, 0.3) is 0 Å². The highest BCUT2D eigenvalue weighted by Gasteiger charge is 2.22. The molecule has 0 atom stereocenters. The van der Waals surface area contributed by atoms with Crippen molar-refractivity contribution in [2.45, 2.75) is 64.2 Å². The summed E-state index contributed by atoms with van der Waals surface area (Å²) in [4.78, 5) is 0. The molecule has 10 rings (SSSR count). The van der Waals surface area contributed by atoms with E-state index in [0.29, 0.717) is 128 Å². The quantitative estimate of drug-likeness (QED) is 0.0810. The highest BCUT2D eigenvalue weighted by Crippen LogP contribution is 2.40. The molecule has 0 aliphatic heterocycles. The lowest BCUT2D eigenvalue weighted by Crippen LogP contribution is -2.02. The standard InChI is InChI=1S/C60H52O8/c61-53-37-11-3-12-38(53)28-42-16-6-20-46(56(42)64)32-50-24-35(23-49(59(50)67)31-45-19-5-15-41(27-37)55(45)63)9-1-2-10-36-25-51-33-47-21-7-17-43(57(47)65)29-39-13-4-14-40(54(39)62)30-44-18-8-22-48(58(44)66)34-52(26-36)60(51)68/h1-8,11-26,61-68H,9-10,27-34H2/b2-1+. The van der Waals surface area contributed by atoms with Crippen molar-refractivity contribution < 1.29 is 40.9 Å². The molecule has 8 N–H and O–H groups in total. The van der Waals surface area contributed by atoms with E-state index in [1.807, 2.05) is 133 Å². The number of para-hydroxylation sites is 6. The van der Waals surface area contributed by atoms with Crippen LogP contribution in [-0.4, -0.2) is 40.9 Å². The van der Waals surface area contributed by atoms with Crippen LogP contribution in [0, 0.1) is 0 Å². The summed E-state index contributed by atoms with van der Waals surface area (Å²) in [5.41, 5.74) is 12.2. The fraction of sp³-hybridized carbons (Fsp3) is 0.167. The maximum absolute atomic E-state index is 11.8. The summed E-state index contributed by atoms with van der Waals surface area (Å²) in [6, 6.07) is 41.2. The van der Waals surface area contributed by atoms with Gasteiger partial charge in [-0.25, -0.2) is 0 Å². The molecule has 8 nitrogen and oxygen atoms in total. The van der Waals surface area contributed by atoms with E-state index < -0.39 is 0 Å². The van der Waals surface area contributed by atoms with E-state index >= 15 is 0 Å². The molecule has 0 unspecified atom stereocenters. The molecule has 8 heteroatoms. The van der Waals surface area contributed by atoms with Crippen molar-refractivity contribution in [3.63, 3.8) is 0 Å². The molecular formula is C60H52O8. The number of benzene rings is 8. The van der Waals surface area contributed by atoms with Gasteiger partial charge in [-0.1, -0.05) is 146 Å². The van der Waals surface area contributed by atoms with Crippen molar-refractivity contribution in [2.24, 2.45) is 0 Å². The second kappa shape index (κ2) is 18.3. The molecular weight excluding hydrogens is 849 g/mol. The third-order valence-corrected chi connectivity index (χ3v) is 13.8. The van der Waals surface area contributed by atoms with Gasteiger partial charge in [0.25, 0.3) is 0 Å². The molecule has 8 aromatic carbocycles. The molecule has 0 saturated carbocycles. The van der Waals surface area contributed by atoms with Crippen molar-refractivity contribution in [1.82, 2.24) is 0 Å². The first-order valence-electron chi connectivity index (χ1n) is 23.1. The molecule has 0 aromatic heterocycles. The minimum atomic E-state index is 0.101. The highest BCUT2D eigenvalue weighted by atomic mass is 16.3. The molecule has 68 heavy (non-hydrogen) atoms. The van der Waals surface area contributed by atoms with Crippen LogP contribution in [0.1, 0.15) is 100 Å². The largest absolute Gasteiger partial charge is 0.507 e. The van der Waals surface area contributed by atoms with Gasteiger partial charge in [0.15, 0.2) is 0 Å². The first-order valence-corrected chi connectivity index (χ1v) is 23.1. The number of fused-ring (bicyclic) bond motifs is 16. The van der Waals surface area contributed by atoms with Crippen molar-refractivity contribution in [3.8, 4) is 46.0 Å². The van der Waals surface area contributed by atoms with Crippen molar-refractivity contribution >= 4 is 0 Å². The molecule has 0 heterocycles. The topological polar surface area (TPSA) is 162 Å². The Hall–Kier alpha value is -8.10. The van der Waals surface area contributed by atoms with Gasteiger partial charge in [0.2, 0.25) is 0 Å². The van der Waals surface area contributed by atoms with E-state index in [4.69, 9.17) is 0 Å². The van der Waals surface area contributed by atoms with Gasteiger partial charge in [0.1, 0.15) is 46.0 Å². The van der Waals surface area contributed by atoms with E-state index in [1.165, 1.54) is 0 Å². The van der Waals surface area contributed by atoms with Gasteiger partial charge in [-0.2, -0.15) is 0 Å². The number of phenolic OH excluding ortho intramolecular Hbond substituents is 8. The number of aromatic hydroxyl groups is 8. The Bertz CT molecular complexity index is 2880. The minimum Gasteiger partial charge on any atom is -0.507 e. The Balaban J connectivity index is 0.982. The van der Waals surface area contributed by atoms with E-state index in [0.717, 1.165) is 11.1 Å². The van der Waals surface area contributed by atoms with Gasteiger partial charge in [-0.15, -0.1) is 0 Å². The molecule has 0 spiro atoms. The lowest BCUT2D eigenvalue weighted by atomic mass is 9.90. The first kappa shape index (κ1) is 43.8. The summed E-state index contributed by atoms with van der Waals surface area (Å²) in [6.45, 7) is 0. The highest BCUT2D eigenvalue weighted by molar-refractivity contribution is 5.58. The average Bonchev–Trinajstić information content (AvgIpc) is 3.32. The van der Waals surface area contributed by atoms with E-state index in [9.17, 15) is 40.9 Å². The zero-order valence-electron chi connectivity index (χ0n) is 37.5. The second-order valence-corrected chi connectivity index (χ2v) is 18.4. The molecule has 2 aliphatic carbocycles. The first-order chi connectivity index (χ1) is 33.0. The molecule has 0 saturated heterocycles. The van der Waals surface area contributed by atoms with Gasteiger partial charge >= 0.3 is 0 Å². The normalized spacial score (nSPS) is 13.4. The number of allylic oxidation sites excluding steroid dienone is 2. The predicted octanol–water partition coefficient (Wildman–Crippen LogP) is 11.0. The van der Waals surface area contributed by atoms with E-state index in [1.54, 1.807) is 0 Å². The summed E-state index contributed by atoms with van der Waals surface area (Å²) >= 11 is 0. The van der Waals surface area contributed by atoms with Crippen molar-refractivity contribution in [2.75, 3.05) is 0 Å². The molecule has 0 amide bonds. The Morgan fingerprint density at radius 2 is 0.382 bits per heavy atom. The van der Waals surface area contributed by atoms with Gasteiger partial charge in [0, 0.05) is 51.4 Å². The zero-order chi connectivity index (χ0) is 47.1. The van der Waals surface area contributed by atoms with Crippen LogP contribution in [-0.2, 0) is 64.2 Å². The summed E-state index contributed by atoms with van der Waals surface area (Å²) < 4.78 is 0. The Morgan fingerprint density at radius 3 is 0.559 bits per heavy atom. The maximum Gasteiger partial charge on any atom is 0.122 e. The fourth-order valence-corrected chi connectivity index (χ4v) is 10.1. The van der Waals surface area contributed by atoms with Gasteiger partial charge in [-0.05, 0) is 113 Å². The fourth-order valence-electron chi connectivity index (χ4n) is 10.1. The van der Waals surface area contributed by atoms with E-state index in [2.05, 4.69) is 12.2 Å². The lowest BCUT2D eigenvalue weighted by molar-refractivity contribution is 0.449. The summed E-state index contributed by atoms with van der Waals surface area (Å²) in [5.74, 6) is 0.918. The number of phenols is 8. The number of rotatable bonds is 4. The SMILES string of the molecule is Oc1c2cccc1Cc1cccc(c1O)Cc1cc(C/C=C/Cc3cc4c(O)c(c3)Cc3cccc(c3O)Cc3cccc(c3O)Cc3cccc(c3O)C4)cc(c1O)Cc1cccc(c1O)C2. The van der Waals surface area contributed by atoms with Crippen LogP contribution in [0.4, 0.5) is 0 Å². The summed E-state index contributed by atoms with van der Waals surface area (Å²) in [6.07, 6.45) is 7.36. The van der Waals surface area contributed by atoms with Crippen LogP contribution in [0.5, 0.6) is 46.0 Å². The Kier molecular flexibility index (Phi) is 11.8. The summed E-state index contributed by atoms with van der Waals surface area (Å²) in [5, 5.41) is 92.7. The predicted molar refractivity (Wildman–Crippen MR) is 264 cm³/mol. The van der Waals surface area contributed by atoms with Crippen molar-refractivity contribution in [3.05, 3.63) is 246 Å². The third kappa shape index (κ3) is 8.69. The Morgan fingerprint density at radius 1 is 0.235 bits per heavy atom. The molecule has 2 aliphatic rings. The second-order valence-electron chi connectivity index (χ2n) is 18.4. The average molecular weight is 901 g/mol. The molecule has 340 valence electrons. The van der Waals surface area contributed by atoms with Crippen LogP contribution in [0.15, 0.2) is 146 Å². The minimum absolute atomic E-state index is 0.101. The van der Waals surface area contributed by atoms with Gasteiger partial charge in [0.05, 0.1) is 0 Å². The molecule has 0 fully saturated rings. The van der Waals surface area contributed by atoms with Crippen LogP contribution in [0.3, 0.4) is 0 Å². The Labute approximate surface area is 395 Å². The van der Waals surface area contributed by atoms with Gasteiger partial charge in [-0.3, -0.25) is 0 Å². The summed E-state index contributed by atoms with van der Waals surface area (Å²) in [7, 11) is 0. The smallest absolute Gasteiger partial charge is 0.122 e. The van der Waals surface area contributed by atoms with Gasteiger partial charge < -0.3 is 40.9 Å². The van der Waals surface area contributed by atoms with Crippen molar-refractivity contribution in [1.29, 1.82) is 0 Å². The number of hydrogen-bond donors (Lipinski definition) is 8. The lowest BCUT2D eigenvalue weighted by Gasteiger charge is -2.18. The van der Waals surface area contributed by atoms with Crippen LogP contribution < -0.4 is 0 Å². The van der Waals surface area contributed by atoms with Crippen LogP contribution >= 0.6 is 0 Å². The van der Waals surface area contributed by atoms with E-state index in [-0.39, 0.29) is 71.7 Å². The molecule has 0 radical (unpaired) electrons. The number of hydrogen-bond acceptors (Lipinski definition) is 8. The monoisotopic (exact) mass is 900 g/mol. The molecule has 8 aromatic rings. The maximum atomic E-state index is 11.8. The van der Waals surface area contributed by atoms with Crippen LogP contribution in [0.2, 0.25) is 0 Å². The molecule has 16 bridgehead atoms.